The summed E-state index contributed by atoms with van der Waals surface area (Å²) in [4.78, 5) is 0. The maximum atomic E-state index is 5.59. The molecular weight excluding hydrogens is 216 g/mol. The van der Waals surface area contributed by atoms with Crippen molar-refractivity contribution in [3.05, 3.63) is 17.3 Å². The molecule has 0 aromatic carbocycles. The van der Waals surface area contributed by atoms with Gasteiger partial charge < -0.3 is 9.47 Å². The summed E-state index contributed by atoms with van der Waals surface area (Å²) < 4.78 is 10.6. The zero-order chi connectivity index (χ0) is 11.3. The molecule has 0 amide bonds. The zero-order valence-corrected chi connectivity index (χ0v) is 9.91. The molecular formula is C10H15ClN2O2. The molecule has 15 heavy (non-hydrogen) atoms. The molecule has 0 atom stereocenters. The minimum Gasteiger partial charge on any atom is -0.476 e. The lowest BCUT2D eigenvalue weighted by Gasteiger charge is -2.22. The van der Waals surface area contributed by atoms with Crippen LogP contribution in [-0.2, 0) is 4.74 Å². The lowest BCUT2D eigenvalue weighted by molar-refractivity contribution is 0.00501. The molecule has 1 aromatic heterocycles. The molecule has 0 N–H and O–H groups in total. The molecule has 0 fully saturated rings. The molecule has 0 spiro atoms. The van der Waals surface area contributed by atoms with E-state index in [0.29, 0.717) is 17.6 Å². The number of hydrogen-bond donors (Lipinski definition) is 0. The summed E-state index contributed by atoms with van der Waals surface area (Å²) in [7, 11) is 1.68. The highest BCUT2D eigenvalue weighted by molar-refractivity contribution is 6.29. The van der Waals surface area contributed by atoms with E-state index in [4.69, 9.17) is 21.1 Å². The van der Waals surface area contributed by atoms with Gasteiger partial charge >= 0.3 is 0 Å². The predicted octanol–water partition coefficient (Wildman–Crippen LogP) is 2.32. The Hall–Kier alpha value is -0.870. The lowest BCUT2D eigenvalue weighted by Crippen LogP contribution is -2.25. The Bertz CT molecular complexity index is 301. The second kappa shape index (κ2) is 5.28. The Morgan fingerprint density at radius 2 is 2.07 bits per heavy atom. The van der Waals surface area contributed by atoms with Crippen molar-refractivity contribution in [2.75, 3.05) is 13.7 Å². The van der Waals surface area contributed by atoms with Crippen molar-refractivity contribution in [1.29, 1.82) is 0 Å². The Morgan fingerprint density at radius 3 is 2.60 bits per heavy atom. The topological polar surface area (TPSA) is 44.2 Å². The van der Waals surface area contributed by atoms with Crippen molar-refractivity contribution in [3.8, 4) is 5.88 Å². The van der Waals surface area contributed by atoms with Gasteiger partial charge in [0.15, 0.2) is 5.15 Å². The highest BCUT2D eigenvalue weighted by Gasteiger charge is 2.16. The molecule has 0 aliphatic heterocycles. The maximum Gasteiger partial charge on any atom is 0.233 e. The van der Waals surface area contributed by atoms with Crippen molar-refractivity contribution >= 4 is 11.6 Å². The van der Waals surface area contributed by atoms with E-state index in [1.807, 2.05) is 13.8 Å². The quantitative estimate of drug-likeness (QED) is 0.779. The Kier molecular flexibility index (Phi) is 4.29. The van der Waals surface area contributed by atoms with E-state index in [1.54, 1.807) is 19.2 Å². The van der Waals surface area contributed by atoms with Gasteiger partial charge in [0.1, 0.15) is 0 Å². The van der Waals surface area contributed by atoms with Crippen LogP contribution in [0.2, 0.25) is 5.15 Å². The van der Waals surface area contributed by atoms with Crippen LogP contribution >= 0.6 is 11.6 Å². The predicted molar refractivity (Wildman–Crippen MR) is 58.2 cm³/mol. The van der Waals surface area contributed by atoms with Crippen molar-refractivity contribution < 1.29 is 9.47 Å². The van der Waals surface area contributed by atoms with E-state index in [2.05, 4.69) is 10.2 Å². The first-order valence-corrected chi connectivity index (χ1v) is 5.08. The molecule has 0 bridgehead atoms. The van der Waals surface area contributed by atoms with Crippen LogP contribution in [0.1, 0.15) is 20.3 Å². The summed E-state index contributed by atoms with van der Waals surface area (Å²) in [5.74, 6) is 0.478. The molecule has 0 aliphatic rings. The smallest absolute Gasteiger partial charge is 0.233 e. The van der Waals surface area contributed by atoms with Crippen LogP contribution < -0.4 is 4.74 Å². The van der Waals surface area contributed by atoms with Crippen LogP contribution in [0.4, 0.5) is 0 Å². The minimum atomic E-state index is -0.181. The standard InChI is InChI=1S/C10H15ClN2O2/c1-10(2,14-3)6-7-15-9-5-4-8(11)12-13-9/h4-5H,6-7H2,1-3H3. The highest BCUT2D eigenvalue weighted by atomic mass is 35.5. The van der Waals surface area contributed by atoms with Gasteiger partial charge in [-0.25, -0.2) is 0 Å². The molecule has 84 valence electrons. The van der Waals surface area contributed by atoms with Gasteiger partial charge in [-0.1, -0.05) is 11.6 Å². The molecule has 1 heterocycles. The molecule has 0 aliphatic carbocycles. The van der Waals surface area contributed by atoms with E-state index in [-0.39, 0.29) is 5.60 Å². The van der Waals surface area contributed by atoms with E-state index in [1.165, 1.54) is 0 Å². The van der Waals surface area contributed by atoms with Gasteiger partial charge in [0, 0.05) is 19.6 Å². The van der Waals surface area contributed by atoms with Gasteiger partial charge in [-0.05, 0) is 19.9 Å². The van der Waals surface area contributed by atoms with Gasteiger partial charge in [-0.3, -0.25) is 0 Å². The van der Waals surface area contributed by atoms with Gasteiger partial charge in [-0.15, -0.1) is 10.2 Å². The molecule has 5 heteroatoms. The van der Waals surface area contributed by atoms with Crippen molar-refractivity contribution in [1.82, 2.24) is 10.2 Å². The second-order valence-electron chi connectivity index (χ2n) is 3.76. The largest absolute Gasteiger partial charge is 0.476 e. The third-order valence-electron chi connectivity index (χ3n) is 2.11. The Balaban J connectivity index is 2.35. The van der Waals surface area contributed by atoms with Gasteiger partial charge in [0.05, 0.1) is 12.2 Å². The van der Waals surface area contributed by atoms with Crippen molar-refractivity contribution in [3.63, 3.8) is 0 Å². The average molecular weight is 231 g/mol. The summed E-state index contributed by atoms with van der Waals surface area (Å²) in [5.41, 5.74) is -0.181. The summed E-state index contributed by atoms with van der Waals surface area (Å²) in [6, 6.07) is 3.33. The number of ether oxygens (including phenoxy) is 2. The van der Waals surface area contributed by atoms with E-state index in [0.717, 1.165) is 6.42 Å². The second-order valence-corrected chi connectivity index (χ2v) is 4.14. The summed E-state index contributed by atoms with van der Waals surface area (Å²) >= 11 is 5.59. The van der Waals surface area contributed by atoms with Gasteiger partial charge in [0.2, 0.25) is 5.88 Å². The van der Waals surface area contributed by atoms with E-state index < -0.39 is 0 Å². The molecule has 1 aromatic rings. The summed E-state index contributed by atoms with van der Waals surface area (Å²) in [5, 5.41) is 7.81. The average Bonchev–Trinajstić information content (AvgIpc) is 2.21. The van der Waals surface area contributed by atoms with Crippen molar-refractivity contribution in [2.24, 2.45) is 0 Å². The number of methoxy groups -OCH3 is 1. The molecule has 0 radical (unpaired) electrons. The number of hydrogen-bond acceptors (Lipinski definition) is 4. The fraction of sp³-hybridized carbons (Fsp3) is 0.600. The SMILES string of the molecule is COC(C)(C)CCOc1ccc(Cl)nn1. The molecule has 1 rings (SSSR count). The normalized spacial score (nSPS) is 11.5. The first-order valence-electron chi connectivity index (χ1n) is 4.71. The third-order valence-corrected chi connectivity index (χ3v) is 2.32. The third kappa shape index (κ3) is 4.44. The molecule has 0 unspecified atom stereocenters. The Labute approximate surface area is 94.6 Å². The monoisotopic (exact) mass is 230 g/mol. The first-order chi connectivity index (χ1) is 7.03. The van der Waals surface area contributed by atoms with Crippen LogP contribution in [-0.4, -0.2) is 29.5 Å². The molecule has 0 saturated carbocycles. The van der Waals surface area contributed by atoms with Crippen LogP contribution in [0, 0.1) is 0 Å². The number of halogens is 1. The number of rotatable bonds is 5. The molecule has 0 saturated heterocycles. The zero-order valence-electron chi connectivity index (χ0n) is 9.16. The number of aromatic nitrogens is 2. The fourth-order valence-corrected chi connectivity index (χ4v) is 0.985. The summed E-state index contributed by atoms with van der Waals surface area (Å²) in [6.07, 6.45) is 0.786. The van der Waals surface area contributed by atoms with Crippen LogP contribution in [0.25, 0.3) is 0 Å². The van der Waals surface area contributed by atoms with E-state index >= 15 is 0 Å². The highest BCUT2D eigenvalue weighted by Crippen LogP contribution is 2.14. The number of nitrogens with zero attached hydrogens (tertiary/aromatic N) is 2. The molecule has 4 nitrogen and oxygen atoms in total. The van der Waals surface area contributed by atoms with Gasteiger partial charge in [-0.2, -0.15) is 0 Å². The van der Waals surface area contributed by atoms with E-state index in [9.17, 15) is 0 Å². The lowest BCUT2D eigenvalue weighted by atomic mass is 10.1. The van der Waals surface area contributed by atoms with Crippen molar-refractivity contribution in [2.45, 2.75) is 25.9 Å². The van der Waals surface area contributed by atoms with Crippen LogP contribution in [0.15, 0.2) is 12.1 Å². The van der Waals surface area contributed by atoms with Gasteiger partial charge in [0.25, 0.3) is 0 Å². The van der Waals surface area contributed by atoms with Crippen LogP contribution in [0.3, 0.4) is 0 Å². The minimum absolute atomic E-state index is 0.181. The maximum absolute atomic E-state index is 5.59. The van der Waals surface area contributed by atoms with Crippen LogP contribution in [0.5, 0.6) is 5.88 Å². The fourth-order valence-electron chi connectivity index (χ4n) is 0.884. The summed E-state index contributed by atoms with van der Waals surface area (Å²) in [6.45, 7) is 4.55. The Morgan fingerprint density at radius 1 is 1.33 bits per heavy atom. The first kappa shape index (κ1) is 12.2.